The fraction of sp³-hybridized carbons (Fsp3) is 0.632. The lowest BCUT2D eigenvalue weighted by Gasteiger charge is -2.35. The SMILES string of the molecule is CCC(C)n1ncc2c(C(=O)N3CCCCC3CCO)cc(C)nc21. The highest BCUT2D eigenvalue weighted by molar-refractivity contribution is 6.05. The van der Waals surface area contributed by atoms with Crippen molar-refractivity contribution in [2.75, 3.05) is 13.2 Å². The van der Waals surface area contributed by atoms with E-state index in [1.807, 2.05) is 22.6 Å². The Morgan fingerprint density at radius 2 is 2.24 bits per heavy atom. The number of aliphatic hydroxyl groups excluding tert-OH is 1. The number of fused-ring (bicyclic) bond motifs is 1. The lowest BCUT2D eigenvalue weighted by atomic mass is 9.98. The van der Waals surface area contributed by atoms with Crippen molar-refractivity contribution in [1.82, 2.24) is 19.7 Å². The molecule has 0 saturated carbocycles. The summed E-state index contributed by atoms with van der Waals surface area (Å²) in [7, 11) is 0. The minimum atomic E-state index is 0.0392. The number of aliphatic hydroxyl groups is 1. The maximum absolute atomic E-state index is 13.3. The highest BCUT2D eigenvalue weighted by atomic mass is 16.3. The minimum absolute atomic E-state index is 0.0392. The molecule has 25 heavy (non-hydrogen) atoms. The first-order valence-corrected chi connectivity index (χ1v) is 9.33. The van der Waals surface area contributed by atoms with Crippen molar-refractivity contribution in [1.29, 1.82) is 0 Å². The second-order valence-electron chi connectivity index (χ2n) is 7.06. The van der Waals surface area contributed by atoms with E-state index in [1.165, 1.54) is 0 Å². The number of pyridine rings is 1. The number of hydrogen-bond donors (Lipinski definition) is 1. The van der Waals surface area contributed by atoms with Crippen LogP contribution in [0.4, 0.5) is 0 Å². The molecule has 6 nitrogen and oxygen atoms in total. The molecule has 136 valence electrons. The molecule has 1 N–H and O–H groups in total. The molecule has 2 unspecified atom stereocenters. The summed E-state index contributed by atoms with van der Waals surface area (Å²) in [5.74, 6) is 0.0392. The van der Waals surface area contributed by atoms with E-state index in [9.17, 15) is 9.90 Å². The molecule has 1 fully saturated rings. The topological polar surface area (TPSA) is 71.2 Å². The number of nitrogens with zero attached hydrogens (tertiary/aromatic N) is 4. The van der Waals surface area contributed by atoms with Gasteiger partial charge in [-0.05, 0) is 52.0 Å². The van der Waals surface area contributed by atoms with Gasteiger partial charge in [0.2, 0.25) is 0 Å². The summed E-state index contributed by atoms with van der Waals surface area (Å²) >= 11 is 0. The van der Waals surface area contributed by atoms with E-state index in [2.05, 4.69) is 23.9 Å². The molecule has 2 aromatic rings. The van der Waals surface area contributed by atoms with Crippen molar-refractivity contribution >= 4 is 16.9 Å². The van der Waals surface area contributed by atoms with Crippen molar-refractivity contribution in [3.63, 3.8) is 0 Å². The Balaban J connectivity index is 2.02. The summed E-state index contributed by atoms with van der Waals surface area (Å²) < 4.78 is 1.92. The molecule has 3 heterocycles. The van der Waals surface area contributed by atoms with Crippen LogP contribution in [0.5, 0.6) is 0 Å². The average Bonchev–Trinajstić information content (AvgIpc) is 3.04. The molecule has 2 atom stereocenters. The van der Waals surface area contributed by atoms with E-state index < -0.39 is 0 Å². The number of amides is 1. The maximum Gasteiger partial charge on any atom is 0.254 e. The van der Waals surface area contributed by atoms with Crippen LogP contribution in [0, 0.1) is 6.92 Å². The highest BCUT2D eigenvalue weighted by Crippen LogP contribution is 2.27. The molecule has 1 aliphatic rings. The van der Waals surface area contributed by atoms with Crippen LogP contribution in [-0.2, 0) is 0 Å². The van der Waals surface area contributed by atoms with Crippen molar-refractivity contribution in [3.8, 4) is 0 Å². The third-order valence-corrected chi connectivity index (χ3v) is 5.28. The molecular weight excluding hydrogens is 316 g/mol. The molecule has 0 spiro atoms. The van der Waals surface area contributed by atoms with Gasteiger partial charge in [-0.15, -0.1) is 0 Å². The van der Waals surface area contributed by atoms with E-state index in [0.29, 0.717) is 12.0 Å². The molecule has 3 rings (SSSR count). The zero-order chi connectivity index (χ0) is 18.0. The van der Waals surface area contributed by atoms with Gasteiger partial charge in [0.1, 0.15) is 0 Å². The Kier molecular flexibility index (Phi) is 5.37. The molecular formula is C19H28N4O2. The van der Waals surface area contributed by atoms with Gasteiger partial charge in [0, 0.05) is 24.9 Å². The van der Waals surface area contributed by atoms with Gasteiger partial charge in [-0.25, -0.2) is 9.67 Å². The number of hydrogen-bond acceptors (Lipinski definition) is 4. The van der Waals surface area contributed by atoms with Gasteiger partial charge < -0.3 is 10.0 Å². The normalized spacial score (nSPS) is 19.4. The lowest BCUT2D eigenvalue weighted by molar-refractivity contribution is 0.0576. The van der Waals surface area contributed by atoms with E-state index in [4.69, 9.17) is 0 Å². The number of aryl methyl sites for hydroxylation is 1. The summed E-state index contributed by atoms with van der Waals surface area (Å²) in [5, 5.41) is 14.7. The van der Waals surface area contributed by atoms with E-state index >= 15 is 0 Å². The van der Waals surface area contributed by atoms with Crippen LogP contribution in [-0.4, -0.2) is 49.9 Å². The number of piperidine rings is 1. The predicted octanol–water partition coefficient (Wildman–Crippen LogP) is 3.09. The van der Waals surface area contributed by atoms with Gasteiger partial charge in [-0.3, -0.25) is 4.79 Å². The van der Waals surface area contributed by atoms with E-state index in [-0.39, 0.29) is 24.6 Å². The Hall–Kier alpha value is -1.95. The number of aromatic nitrogens is 3. The molecule has 0 radical (unpaired) electrons. The van der Waals surface area contributed by atoms with Crippen LogP contribution in [0.1, 0.15) is 68.0 Å². The molecule has 6 heteroatoms. The second kappa shape index (κ2) is 7.52. The second-order valence-corrected chi connectivity index (χ2v) is 7.06. The van der Waals surface area contributed by atoms with Crippen LogP contribution < -0.4 is 0 Å². The third-order valence-electron chi connectivity index (χ3n) is 5.28. The Labute approximate surface area is 148 Å². The number of rotatable bonds is 5. The van der Waals surface area contributed by atoms with Crippen LogP contribution in [0.2, 0.25) is 0 Å². The van der Waals surface area contributed by atoms with Crippen molar-refractivity contribution < 1.29 is 9.90 Å². The molecule has 0 bridgehead atoms. The van der Waals surface area contributed by atoms with Gasteiger partial charge in [-0.2, -0.15) is 5.10 Å². The Morgan fingerprint density at radius 1 is 1.44 bits per heavy atom. The quantitative estimate of drug-likeness (QED) is 0.905. The van der Waals surface area contributed by atoms with Gasteiger partial charge in [0.15, 0.2) is 5.65 Å². The minimum Gasteiger partial charge on any atom is -0.396 e. The van der Waals surface area contributed by atoms with Crippen molar-refractivity contribution in [2.24, 2.45) is 0 Å². The van der Waals surface area contributed by atoms with Gasteiger partial charge >= 0.3 is 0 Å². The van der Waals surface area contributed by atoms with Crippen LogP contribution in [0.15, 0.2) is 12.3 Å². The summed E-state index contributed by atoms with van der Waals surface area (Å²) in [6, 6.07) is 2.24. The average molecular weight is 344 g/mol. The highest BCUT2D eigenvalue weighted by Gasteiger charge is 2.29. The molecule has 1 aliphatic heterocycles. The van der Waals surface area contributed by atoms with Gasteiger partial charge in [0.05, 0.1) is 23.2 Å². The van der Waals surface area contributed by atoms with E-state index in [1.54, 1.807) is 6.20 Å². The zero-order valence-corrected chi connectivity index (χ0v) is 15.4. The molecule has 1 saturated heterocycles. The summed E-state index contributed by atoms with van der Waals surface area (Å²) in [6.07, 6.45) is 6.47. The summed E-state index contributed by atoms with van der Waals surface area (Å²) in [6.45, 7) is 7.02. The first kappa shape index (κ1) is 17.9. The van der Waals surface area contributed by atoms with E-state index in [0.717, 1.165) is 49.0 Å². The monoisotopic (exact) mass is 344 g/mol. The zero-order valence-electron chi connectivity index (χ0n) is 15.4. The number of carbonyl (C=O) groups is 1. The standard InChI is InChI=1S/C19H28N4O2/c1-4-14(3)23-18-17(12-20-23)16(11-13(2)21-18)19(25)22-9-6-5-7-15(22)8-10-24/h11-12,14-15,24H,4-10H2,1-3H3. The predicted molar refractivity (Wildman–Crippen MR) is 97.6 cm³/mol. The Bertz CT molecular complexity index is 753. The molecule has 2 aromatic heterocycles. The molecule has 0 aliphatic carbocycles. The number of carbonyl (C=O) groups excluding carboxylic acids is 1. The van der Waals surface area contributed by atoms with Crippen molar-refractivity contribution in [2.45, 2.75) is 65.0 Å². The van der Waals surface area contributed by atoms with Gasteiger partial charge in [-0.1, -0.05) is 6.92 Å². The van der Waals surface area contributed by atoms with Crippen LogP contribution in [0.3, 0.4) is 0 Å². The third kappa shape index (κ3) is 3.40. The Morgan fingerprint density at radius 3 is 2.96 bits per heavy atom. The fourth-order valence-electron chi connectivity index (χ4n) is 3.69. The van der Waals surface area contributed by atoms with Crippen LogP contribution >= 0.6 is 0 Å². The van der Waals surface area contributed by atoms with Crippen molar-refractivity contribution in [3.05, 3.63) is 23.5 Å². The summed E-state index contributed by atoms with van der Waals surface area (Å²) in [4.78, 5) is 19.9. The molecule has 0 aromatic carbocycles. The first-order valence-electron chi connectivity index (χ1n) is 9.33. The largest absolute Gasteiger partial charge is 0.396 e. The fourth-order valence-corrected chi connectivity index (χ4v) is 3.69. The lowest BCUT2D eigenvalue weighted by Crippen LogP contribution is -2.44. The number of likely N-dealkylation sites (tertiary alicyclic amines) is 1. The summed E-state index contributed by atoms with van der Waals surface area (Å²) in [5.41, 5.74) is 2.30. The van der Waals surface area contributed by atoms with Gasteiger partial charge in [0.25, 0.3) is 5.91 Å². The van der Waals surface area contributed by atoms with Crippen LogP contribution in [0.25, 0.3) is 11.0 Å². The molecule has 1 amide bonds. The smallest absolute Gasteiger partial charge is 0.254 e. The first-order chi connectivity index (χ1) is 12.1. The maximum atomic E-state index is 13.3.